The zero-order valence-corrected chi connectivity index (χ0v) is 12.6. The SMILES string of the molecule is C[C@@H](O)c1cc(Br)ccc1OCc1ccc(C#N)cc1. The van der Waals surface area contributed by atoms with Crippen LogP contribution in [0.15, 0.2) is 46.9 Å². The van der Waals surface area contributed by atoms with Crippen molar-refractivity contribution in [2.75, 3.05) is 0 Å². The molecule has 0 unspecified atom stereocenters. The molecule has 0 aliphatic rings. The summed E-state index contributed by atoms with van der Waals surface area (Å²) >= 11 is 3.38. The van der Waals surface area contributed by atoms with Crippen molar-refractivity contribution in [1.29, 1.82) is 5.26 Å². The molecular formula is C16H14BrNO2. The second-order valence-electron chi connectivity index (χ2n) is 4.46. The minimum absolute atomic E-state index is 0.396. The molecular weight excluding hydrogens is 318 g/mol. The number of benzene rings is 2. The van der Waals surface area contributed by atoms with E-state index in [0.29, 0.717) is 17.9 Å². The quantitative estimate of drug-likeness (QED) is 0.922. The highest BCUT2D eigenvalue weighted by Crippen LogP contribution is 2.29. The van der Waals surface area contributed by atoms with E-state index in [1.54, 1.807) is 19.1 Å². The summed E-state index contributed by atoms with van der Waals surface area (Å²) in [6.45, 7) is 2.10. The van der Waals surface area contributed by atoms with Crippen LogP contribution < -0.4 is 4.74 Å². The molecule has 1 N–H and O–H groups in total. The Hall–Kier alpha value is -1.83. The average Bonchev–Trinajstić information content (AvgIpc) is 2.46. The van der Waals surface area contributed by atoms with Gasteiger partial charge in [0.05, 0.1) is 17.7 Å². The van der Waals surface area contributed by atoms with Crippen molar-refractivity contribution in [3.8, 4) is 11.8 Å². The lowest BCUT2D eigenvalue weighted by molar-refractivity contribution is 0.190. The van der Waals surface area contributed by atoms with Crippen LogP contribution in [-0.4, -0.2) is 5.11 Å². The Morgan fingerprint density at radius 1 is 1.25 bits per heavy atom. The molecule has 0 heterocycles. The Morgan fingerprint density at radius 3 is 2.55 bits per heavy atom. The second-order valence-corrected chi connectivity index (χ2v) is 5.37. The lowest BCUT2D eigenvalue weighted by atomic mass is 10.1. The molecule has 4 heteroatoms. The van der Waals surface area contributed by atoms with Crippen LogP contribution in [0.1, 0.15) is 29.7 Å². The number of nitrogens with zero attached hydrogens (tertiary/aromatic N) is 1. The Morgan fingerprint density at radius 2 is 1.95 bits per heavy atom. The fourth-order valence-corrected chi connectivity index (χ4v) is 2.19. The first kappa shape index (κ1) is 14.6. The van der Waals surface area contributed by atoms with Gasteiger partial charge >= 0.3 is 0 Å². The van der Waals surface area contributed by atoms with Gasteiger partial charge < -0.3 is 9.84 Å². The van der Waals surface area contributed by atoms with Crippen molar-refractivity contribution < 1.29 is 9.84 Å². The number of ether oxygens (including phenoxy) is 1. The molecule has 0 saturated carbocycles. The van der Waals surface area contributed by atoms with E-state index < -0.39 is 6.10 Å². The maximum atomic E-state index is 9.76. The molecule has 0 spiro atoms. The molecule has 3 nitrogen and oxygen atoms in total. The van der Waals surface area contributed by atoms with Gasteiger partial charge in [0.25, 0.3) is 0 Å². The zero-order chi connectivity index (χ0) is 14.5. The standard InChI is InChI=1S/C16H14BrNO2/c1-11(19)15-8-14(17)6-7-16(15)20-10-13-4-2-12(9-18)3-5-13/h2-8,11,19H,10H2,1H3/t11-/m1/s1. The van der Waals surface area contributed by atoms with Crippen LogP contribution >= 0.6 is 15.9 Å². The van der Waals surface area contributed by atoms with Gasteiger partial charge in [0, 0.05) is 10.0 Å². The lowest BCUT2D eigenvalue weighted by Gasteiger charge is -2.14. The van der Waals surface area contributed by atoms with E-state index in [9.17, 15) is 5.11 Å². The van der Waals surface area contributed by atoms with Crippen LogP contribution in [0, 0.1) is 11.3 Å². The largest absolute Gasteiger partial charge is 0.489 e. The molecule has 0 saturated heterocycles. The highest BCUT2D eigenvalue weighted by Gasteiger charge is 2.10. The lowest BCUT2D eigenvalue weighted by Crippen LogP contribution is -2.01. The first-order valence-electron chi connectivity index (χ1n) is 6.19. The van der Waals surface area contributed by atoms with E-state index in [0.717, 1.165) is 15.6 Å². The molecule has 2 rings (SSSR count). The highest BCUT2D eigenvalue weighted by atomic mass is 79.9. The predicted molar refractivity (Wildman–Crippen MR) is 80.3 cm³/mol. The molecule has 0 amide bonds. The molecule has 0 radical (unpaired) electrons. The van der Waals surface area contributed by atoms with Crippen LogP contribution in [0.5, 0.6) is 5.75 Å². The van der Waals surface area contributed by atoms with E-state index in [-0.39, 0.29) is 0 Å². The van der Waals surface area contributed by atoms with Crippen LogP contribution in [0.25, 0.3) is 0 Å². The maximum absolute atomic E-state index is 9.76. The monoisotopic (exact) mass is 331 g/mol. The molecule has 102 valence electrons. The van der Waals surface area contributed by atoms with Crippen molar-refractivity contribution in [1.82, 2.24) is 0 Å². The first-order valence-corrected chi connectivity index (χ1v) is 6.99. The fraction of sp³-hybridized carbons (Fsp3) is 0.188. The van der Waals surface area contributed by atoms with Gasteiger partial charge in [-0.2, -0.15) is 5.26 Å². The third kappa shape index (κ3) is 3.60. The van der Waals surface area contributed by atoms with Gasteiger partial charge in [0.1, 0.15) is 12.4 Å². The molecule has 0 fully saturated rings. The fourth-order valence-electron chi connectivity index (χ4n) is 1.81. The van der Waals surface area contributed by atoms with Crippen molar-refractivity contribution in [3.05, 3.63) is 63.6 Å². The third-order valence-corrected chi connectivity index (χ3v) is 3.39. The topological polar surface area (TPSA) is 53.2 Å². The molecule has 0 aromatic heterocycles. The van der Waals surface area contributed by atoms with E-state index in [2.05, 4.69) is 22.0 Å². The van der Waals surface area contributed by atoms with Crippen molar-refractivity contribution >= 4 is 15.9 Å². The number of aliphatic hydroxyl groups excluding tert-OH is 1. The van der Waals surface area contributed by atoms with Crippen LogP contribution in [0.4, 0.5) is 0 Å². The van der Waals surface area contributed by atoms with Gasteiger partial charge in [-0.25, -0.2) is 0 Å². The van der Waals surface area contributed by atoms with Gasteiger partial charge in [0.2, 0.25) is 0 Å². The normalized spacial score (nSPS) is 11.7. The number of hydrogen-bond donors (Lipinski definition) is 1. The van der Waals surface area contributed by atoms with E-state index >= 15 is 0 Å². The summed E-state index contributed by atoms with van der Waals surface area (Å²) in [5, 5.41) is 18.5. The summed E-state index contributed by atoms with van der Waals surface area (Å²) in [7, 11) is 0. The van der Waals surface area contributed by atoms with Crippen LogP contribution in [0.3, 0.4) is 0 Å². The summed E-state index contributed by atoms with van der Waals surface area (Å²) in [5.41, 5.74) is 2.35. The smallest absolute Gasteiger partial charge is 0.125 e. The first-order chi connectivity index (χ1) is 9.60. The van der Waals surface area contributed by atoms with E-state index in [1.165, 1.54) is 0 Å². The third-order valence-electron chi connectivity index (χ3n) is 2.90. The minimum Gasteiger partial charge on any atom is -0.489 e. The summed E-state index contributed by atoms with van der Waals surface area (Å²) in [6, 6.07) is 14.9. The summed E-state index contributed by atoms with van der Waals surface area (Å²) in [6.07, 6.45) is -0.594. The highest BCUT2D eigenvalue weighted by molar-refractivity contribution is 9.10. The Labute approximate surface area is 126 Å². The zero-order valence-electron chi connectivity index (χ0n) is 11.0. The van der Waals surface area contributed by atoms with Gasteiger partial charge in [-0.05, 0) is 42.8 Å². The van der Waals surface area contributed by atoms with Crippen LogP contribution in [-0.2, 0) is 6.61 Å². The van der Waals surface area contributed by atoms with E-state index in [4.69, 9.17) is 10.00 Å². The Bertz CT molecular complexity index is 630. The Balaban J connectivity index is 2.12. The van der Waals surface area contributed by atoms with E-state index in [1.807, 2.05) is 30.3 Å². The van der Waals surface area contributed by atoms with Gasteiger partial charge in [0.15, 0.2) is 0 Å². The van der Waals surface area contributed by atoms with Gasteiger partial charge in [-0.1, -0.05) is 28.1 Å². The number of halogens is 1. The molecule has 2 aromatic rings. The summed E-state index contributed by atoms with van der Waals surface area (Å²) in [4.78, 5) is 0. The molecule has 0 bridgehead atoms. The predicted octanol–water partition coefficient (Wildman–Crippen LogP) is 3.95. The van der Waals surface area contributed by atoms with Crippen molar-refractivity contribution in [3.63, 3.8) is 0 Å². The number of aliphatic hydroxyl groups is 1. The molecule has 0 aliphatic carbocycles. The molecule has 20 heavy (non-hydrogen) atoms. The molecule has 1 atom stereocenters. The van der Waals surface area contributed by atoms with Crippen molar-refractivity contribution in [2.45, 2.75) is 19.6 Å². The minimum atomic E-state index is -0.594. The summed E-state index contributed by atoms with van der Waals surface area (Å²) in [5.74, 6) is 0.660. The number of rotatable bonds is 4. The van der Waals surface area contributed by atoms with Gasteiger partial charge in [-0.3, -0.25) is 0 Å². The Kier molecular flexibility index (Phi) is 4.78. The van der Waals surface area contributed by atoms with Crippen molar-refractivity contribution in [2.24, 2.45) is 0 Å². The summed E-state index contributed by atoms with van der Waals surface area (Å²) < 4.78 is 6.65. The van der Waals surface area contributed by atoms with Gasteiger partial charge in [-0.15, -0.1) is 0 Å². The number of nitriles is 1. The average molecular weight is 332 g/mol. The van der Waals surface area contributed by atoms with Crippen LogP contribution in [0.2, 0.25) is 0 Å². The molecule has 2 aromatic carbocycles. The second kappa shape index (κ2) is 6.56. The number of hydrogen-bond acceptors (Lipinski definition) is 3. The maximum Gasteiger partial charge on any atom is 0.125 e. The molecule has 0 aliphatic heterocycles.